The van der Waals surface area contributed by atoms with E-state index in [1.807, 2.05) is 31.4 Å². The van der Waals surface area contributed by atoms with E-state index in [0.29, 0.717) is 0 Å². The van der Waals surface area contributed by atoms with Crippen molar-refractivity contribution in [3.8, 4) is 0 Å². The highest BCUT2D eigenvalue weighted by atomic mass is 32.1. The van der Waals surface area contributed by atoms with E-state index >= 15 is 0 Å². The highest BCUT2D eigenvalue weighted by Crippen LogP contribution is 2.39. The summed E-state index contributed by atoms with van der Waals surface area (Å²) in [6.45, 7) is 3.68. The van der Waals surface area contributed by atoms with Crippen molar-refractivity contribution in [1.29, 1.82) is 0 Å². The molecular formula is C17H22N4O2S. The van der Waals surface area contributed by atoms with Gasteiger partial charge in [-0.25, -0.2) is 9.97 Å². The van der Waals surface area contributed by atoms with Gasteiger partial charge < -0.3 is 16.2 Å². The molecular weight excluding hydrogens is 324 g/mol. The van der Waals surface area contributed by atoms with E-state index in [0.717, 1.165) is 34.7 Å². The molecule has 2 heterocycles. The zero-order chi connectivity index (χ0) is 17.3. The molecule has 2 aromatic heterocycles. The lowest BCUT2D eigenvalue weighted by Gasteiger charge is -2.37. The number of aliphatic hydroxyl groups is 1. The maximum absolute atomic E-state index is 12.6. The normalized spacial score (nSPS) is 21.1. The SMILES string of the molecule is Cc1nc(N)nc(C)c1CC(=O)NC(c1cccs1)C1CC(O)C1. The van der Waals surface area contributed by atoms with Gasteiger partial charge in [0.15, 0.2) is 0 Å². The standard InChI is InChI=1S/C17H22N4O2S/c1-9-13(10(2)20-17(18)19-9)8-15(23)21-16(11-6-12(22)7-11)14-4-3-5-24-14/h3-5,11-12,16,22H,6-8H2,1-2H3,(H,21,23)(H2,18,19,20). The number of aromatic nitrogens is 2. The number of nitrogens with two attached hydrogens (primary N) is 1. The summed E-state index contributed by atoms with van der Waals surface area (Å²) in [5.74, 6) is 0.455. The molecule has 2 aromatic rings. The summed E-state index contributed by atoms with van der Waals surface area (Å²) in [5, 5.41) is 14.7. The number of aliphatic hydroxyl groups excluding tert-OH is 1. The molecule has 1 atom stereocenters. The molecule has 6 nitrogen and oxygen atoms in total. The van der Waals surface area contributed by atoms with Crippen LogP contribution in [0.2, 0.25) is 0 Å². The van der Waals surface area contributed by atoms with Gasteiger partial charge in [0.2, 0.25) is 11.9 Å². The first-order chi connectivity index (χ1) is 11.4. The Morgan fingerprint density at radius 2 is 2.08 bits per heavy atom. The lowest BCUT2D eigenvalue weighted by atomic mass is 9.76. The molecule has 0 bridgehead atoms. The van der Waals surface area contributed by atoms with Crippen molar-refractivity contribution in [3.05, 3.63) is 39.3 Å². The maximum atomic E-state index is 12.6. The van der Waals surface area contributed by atoms with Gasteiger partial charge in [0.05, 0.1) is 18.6 Å². The van der Waals surface area contributed by atoms with Gasteiger partial charge in [0.1, 0.15) is 0 Å². The number of nitrogens with zero attached hydrogens (tertiary/aromatic N) is 2. The Morgan fingerprint density at radius 3 is 2.62 bits per heavy atom. The van der Waals surface area contributed by atoms with Crippen molar-refractivity contribution >= 4 is 23.2 Å². The van der Waals surface area contributed by atoms with Crippen molar-refractivity contribution < 1.29 is 9.90 Å². The van der Waals surface area contributed by atoms with Crippen LogP contribution in [0, 0.1) is 19.8 Å². The molecule has 1 aliphatic rings. The van der Waals surface area contributed by atoms with Gasteiger partial charge in [-0.15, -0.1) is 11.3 Å². The molecule has 1 aliphatic carbocycles. The molecule has 1 amide bonds. The van der Waals surface area contributed by atoms with E-state index in [9.17, 15) is 9.90 Å². The molecule has 0 saturated heterocycles. The summed E-state index contributed by atoms with van der Waals surface area (Å²) in [5.41, 5.74) is 7.93. The molecule has 0 aliphatic heterocycles. The Bertz CT molecular complexity index is 703. The van der Waals surface area contributed by atoms with Crippen LogP contribution in [-0.4, -0.2) is 27.1 Å². The summed E-state index contributed by atoms with van der Waals surface area (Å²) in [4.78, 5) is 22.0. The molecule has 3 rings (SSSR count). The van der Waals surface area contributed by atoms with Gasteiger partial charge in [-0.1, -0.05) is 6.07 Å². The lowest BCUT2D eigenvalue weighted by Crippen LogP contribution is -2.41. The number of carbonyl (C=O) groups is 1. The molecule has 1 unspecified atom stereocenters. The predicted molar refractivity (Wildman–Crippen MR) is 93.6 cm³/mol. The van der Waals surface area contributed by atoms with E-state index in [1.165, 1.54) is 0 Å². The van der Waals surface area contributed by atoms with E-state index in [1.54, 1.807) is 11.3 Å². The topological polar surface area (TPSA) is 101 Å². The van der Waals surface area contributed by atoms with Crippen molar-refractivity contribution in [2.24, 2.45) is 5.92 Å². The molecule has 0 radical (unpaired) electrons. The number of carbonyl (C=O) groups excluding carboxylic acids is 1. The molecule has 0 aromatic carbocycles. The van der Waals surface area contributed by atoms with Crippen molar-refractivity contribution in [2.75, 3.05) is 5.73 Å². The van der Waals surface area contributed by atoms with Gasteiger partial charge in [-0.05, 0) is 44.1 Å². The van der Waals surface area contributed by atoms with Gasteiger partial charge in [0.25, 0.3) is 0 Å². The van der Waals surface area contributed by atoms with Crippen molar-refractivity contribution in [3.63, 3.8) is 0 Å². The van der Waals surface area contributed by atoms with Gasteiger partial charge in [-0.2, -0.15) is 0 Å². The number of hydrogen-bond donors (Lipinski definition) is 3. The first-order valence-corrected chi connectivity index (χ1v) is 8.92. The van der Waals surface area contributed by atoms with E-state index in [4.69, 9.17) is 5.73 Å². The molecule has 7 heteroatoms. The van der Waals surface area contributed by atoms with Crippen molar-refractivity contribution in [1.82, 2.24) is 15.3 Å². The van der Waals surface area contributed by atoms with Crippen LogP contribution in [0.15, 0.2) is 17.5 Å². The molecule has 0 spiro atoms. The number of anilines is 1. The largest absolute Gasteiger partial charge is 0.393 e. The first-order valence-electron chi connectivity index (χ1n) is 8.04. The zero-order valence-corrected chi connectivity index (χ0v) is 14.6. The maximum Gasteiger partial charge on any atom is 0.225 e. The number of nitrogen functional groups attached to an aromatic ring is 1. The molecule has 128 valence electrons. The average molecular weight is 346 g/mol. The second kappa shape index (κ2) is 6.86. The molecule has 1 fully saturated rings. The Balaban J connectivity index is 1.72. The van der Waals surface area contributed by atoms with Gasteiger partial charge in [-0.3, -0.25) is 4.79 Å². The van der Waals surface area contributed by atoms with Crippen LogP contribution in [0.3, 0.4) is 0 Å². The van der Waals surface area contributed by atoms with Gasteiger partial charge in [0, 0.05) is 21.8 Å². The van der Waals surface area contributed by atoms with Crippen molar-refractivity contribution in [2.45, 2.75) is 45.3 Å². The fourth-order valence-electron chi connectivity index (χ4n) is 3.20. The number of nitrogens with one attached hydrogen (secondary N) is 1. The van der Waals surface area contributed by atoms with Crippen LogP contribution in [0.4, 0.5) is 5.95 Å². The fourth-order valence-corrected chi connectivity index (χ4v) is 4.07. The van der Waals surface area contributed by atoms with E-state index in [-0.39, 0.29) is 36.3 Å². The minimum Gasteiger partial charge on any atom is -0.393 e. The summed E-state index contributed by atoms with van der Waals surface area (Å²) in [7, 11) is 0. The summed E-state index contributed by atoms with van der Waals surface area (Å²) < 4.78 is 0. The molecule has 24 heavy (non-hydrogen) atoms. The molecule has 4 N–H and O–H groups in total. The number of aryl methyl sites for hydroxylation is 2. The number of rotatable bonds is 5. The Kier molecular flexibility index (Phi) is 4.82. The highest BCUT2D eigenvalue weighted by Gasteiger charge is 2.36. The van der Waals surface area contributed by atoms with Crippen LogP contribution in [0.25, 0.3) is 0 Å². The van der Waals surface area contributed by atoms with Gasteiger partial charge >= 0.3 is 0 Å². The Morgan fingerprint density at radius 1 is 1.42 bits per heavy atom. The zero-order valence-electron chi connectivity index (χ0n) is 13.8. The lowest BCUT2D eigenvalue weighted by molar-refractivity contribution is -0.122. The smallest absolute Gasteiger partial charge is 0.225 e. The summed E-state index contributed by atoms with van der Waals surface area (Å²) in [6, 6.07) is 3.97. The van der Waals surface area contributed by atoms with Crippen LogP contribution >= 0.6 is 11.3 Å². The summed E-state index contributed by atoms with van der Waals surface area (Å²) >= 11 is 1.63. The molecule has 1 saturated carbocycles. The highest BCUT2D eigenvalue weighted by molar-refractivity contribution is 7.10. The third-order valence-electron chi connectivity index (χ3n) is 4.56. The third-order valence-corrected chi connectivity index (χ3v) is 5.52. The minimum atomic E-state index is -0.246. The first kappa shape index (κ1) is 16.9. The van der Waals surface area contributed by atoms with E-state index < -0.39 is 0 Å². The minimum absolute atomic E-state index is 0.0452. The van der Waals surface area contributed by atoms with E-state index in [2.05, 4.69) is 15.3 Å². The second-order valence-corrected chi connectivity index (χ2v) is 7.33. The quantitative estimate of drug-likeness (QED) is 0.768. The third kappa shape index (κ3) is 3.57. The average Bonchev–Trinajstić information content (AvgIpc) is 2.99. The number of amides is 1. The summed E-state index contributed by atoms with van der Waals surface area (Å²) in [6.07, 6.45) is 1.44. The fraction of sp³-hybridized carbons (Fsp3) is 0.471. The van der Waals surface area contributed by atoms with Crippen LogP contribution in [-0.2, 0) is 11.2 Å². The number of hydrogen-bond acceptors (Lipinski definition) is 6. The van der Waals surface area contributed by atoms with Crippen LogP contribution in [0.5, 0.6) is 0 Å². The monoisotopic (exact) mass is 346 g/mol. The predicted octanol–water partition coefficient (Wildman–Crippen LogP) is 1.91. The second-order valence-electron chi connectivity index (χ2n) is 6.35. The van der Waals surface area contributed by atoms with Crippen LogP contribution in [0.1, 0.15) is 40.7 Å². The van der Waals surface area contributed by atoms with Crippen LogP contribution < -0.4 is 11.1 Å². The Hall–Kier alpha value is -1.99. The Labute approximate surface area is 145 Å². The number of thiophene rings is 1.